The van der Waals surface area contributed by atoms with Gasteiger partial charge in [0.25, 0.3) is 0 Å². The second kappa shape index (κ2) is 9.61. The summed E-state index contributed by atoms with van der Waals surface area (Å²) in [5.74, 6) is 0.487. The molecule has 0 N–H and O–H groups in total. The molecule has 0 bridgehead atoms. The van der Waals surface area contributed by atoms with Gasteiger partial charge in [0.15, 0.2) is 0 Å². The first kappa shape index (κ1) is 19.5. The van der Waals surface area contributed by atoms with Crippen LogP contribution in [-0.2, 0) is 16.0 Å². The van der Waals surface area contributed by atoms with E-state index in [1.54, 1.807) is 30.3 Å². The minimum atomic E-state index is -0.405. The van der Waals surface area contributed by atoms with Crippen LogP contribution in [0.1, 0.15) is 41.8 Å². The first-order valence-corrected chi connectivity index (χ1v) is 8.67. The number of carbonyl (C=O) groups is 2. The van der Waals surface area contributed by atoms with Gasteiger partial charge in [-0.15, -0.1) is 0 Å². The Bertz CT molecular complexity index is 749. The zero-order chi connectivity index (χ0) is 18.9. The van der Waals surface area contributed by atoms with Crippen LogP contribution in [0.4, 0.5) is 0 Å². The lowest BCUT2D eigenvalue weighted by atomic mass is 10.1. The van der Waals surface area contributed by atoms with E-state index in [9.17, 15) is 9.59 Å². The topological polar surface area (TPSA) is 61.8 Å². The van der Waals surface area contributed by atoms with Crippen LogP contribution in [0.25, 0.3) is 0 Å². The Balaban J connectivity index is 1.87. The lowest BCUT2D eigenvalue weighted by molar-refractivity contribution is -0.141. The van der Waals surface area contributed by atoms with Crippen molar-refractivity contribution in [2.24, 2.45) is 0 Å². The summed E-state index contributed by atoms with van der Waals surface area (Å²) in [6, 6.07) is 12.4. The van der Waals surface area contributed by atoms with Gasteiger partial charge >= 0.3 is 11.9 Å². The second-order valence-electron chi connectivity index (χ2n) is 5.90. The van der Waals surface area contributed by atoms with Crippen LogP contribution in [0.15, 0.2) is 42.5 Å². The number of rotatable bonds is 8. The lowest BCUT2D eigenvalue weighted by Gasteiger charge is -2.09. The smallest absolute Gasteiger partial charge is 0.343 e. The molecule has 0 amide bonds. The van der Waals surface area contributed by atoms with E-state index >= 15 is 0 Å². The fourth-order valence-corrected chi connectivity index (χ4v) is 2.41. The van der Waals surface area contributed by atoms with E-state index in [0.29, 0.717) is 36.7 Å². The second-order valence-corrected chi connectivity index (χ2v) is 5.90. The van der Waals surface area contributed by atoms with Crippen molar-refractivity contribution in [1.29, 1.82) is 0 Å². The van der Waals surface area contributed by atoms with Crippen LogP contribution in [0, 0.1) is 6.92 Å². The summed E-state index contributed by atoms with van der Waals surface area (Å²) >= 11 is 0. The molecule has 0 radical (unpaired) electrons. The number of carbonyl (C=O) groups excluding carboxylic acids is 2. The van der Waals surface area contributed by atoms with Crippen molar-refractivity contribution >= 4 is 11.9 Å². The normalized spacial score (nSPS) is 10.3. The molecule has 0 aromatic heterocycles. The molecule has 2 rings (SSSR count). The van der Waals surface area contributed by atoms with Gasteiger partial charge < -0.3 is 14.2 Å². The zero-order valence-electron chi connectivity index (χ0n) is 15.4. The Kier molecular flexibility index (Phi) is 7.21. The average Bonchev–Trinajstić information content (AvgIpc) is 2.63. The molecule has 2 aromatic carbocycles. The van der Waals surface area contributed by atoms with E-state index < -0.39 is 5.97 Å². The summed E-state index contributed by atoms with van der Waals surface area (Å²) in [6.45, 7) is 6.24. The fraction of sp³-hybridized carbons (Fsp3) is 0.333. The van der Waals surface area contributed by atoms with Gasteiger partial charge in [0.05, 0.1) is 18.8 Å². The fourth-order valence-electron chi connectivity index (χ4n) is 2.41. The van der Waals surface area contributed by atoms with Gasteiger partial charge in [-0.2, -0.15) is 0 Å². The summed E-state index contributed by atoms with van der Waals surface area (Å²) in [7, 11) is 0. The predicted octanol–water partition coefficient (Wildman–Crippen LogP) is 4.11. The number of aryl methyl sites for hydroxylation is 2. The van der Waals surface area contributed by atoms with Crippen LogP contribution >= 0.6 is 0 Å². The Morgan fingerprint density at radius 1 is 0.962 bits per heavy atom. The maximum absolute atomic E-state index is 12.3. The molecule has 2 aromatic rings. The van der Waals surface area contributed by atoms with E-state index in [4.69, 9.17) is 14.2 Å². The number of hydrogen-bond donors (Lipinski definition) is 0. The summed E-state index contributed by atoms with van der Waals surface area (Å²) in [5, 5.41) is 0. The molecule has 0 saturated heterocycles. The standard InChI is InChI=1S/C21H24O5/c1-4-17-14-20(9-6-15(17)2)26-21(23)18-7-10-19(11-8-18)25-13-5-12-24-16(3)22/h6-11,14H,4-5,12-13H2,1-3H3. The molecule has 0 saturated carbocycles. The molecule has 0 spiro atoms. The Morgan fingerprint density at radius 3 is 2.31 bits per heavy atom. The van der Waals surface area contributed by atoms with E-state index in [0.717, 1.165) is 12.0 Å². The summed E-state index contributed by atoms with van der Waals surface area (Å²) in [5.41, 5.74) is 2.80. The predicted molar refractivity (Wildman–Crippen MR) is 98.7 cm³/mol. The summed E-state index contributed by atoms with van der Waals surface area (Å²) in [6.07, 6.45) is 1.50. The highest BCUT2D eigenvalue weighted by atomic mass is 16.5. The molecule has 5 nitrogen and oxygen atoms in total. The highest BCUT2D eigenvalue weighted by molar-refractivity contribution is 5.91. The summed E-state index contributed by atoms with van der Waals surface area (Å²) in [4.78, 5) is 22.9. The Labute approximate surface area is 153 Å². The van der Waals surface area contributed by atoms with Gasteiger partial charge in [0, 0.05) is 13.3 Å². The van der Waals surface area contributed by atoms with Crippen molar-refractivity contribution in [3.05, 3.63) is 59.2 Å². The molecule has 0 aliphatic carbocycles. The Morgan fingerprint density at radius 2 is 1.65 bits per heavy atom. The van der Waals surface area contributed by atoms with Gasteiger partial charge in [0.2, 0.25) is 0 Å². The van der Waals surface area contributed by atoms with Crippen LogP contribution in [0.3, 0.4) is 0 Å². The van der Waals surface area contributed by atoms with E-state index in [1.807, 2.05) is 19.1 Å². The molecule has 0 aliphatic rings. The monoisotopic (exact) mass is 356 g/mol. The quantitative estimate of drug-likeness (QED) is 0.405. The molecule has 0 fully saturated rings. The van der Waals surface area contributed by atoms with Crippen LogP contribution in [0.2, 0.25) is 0 Å². The molecule has 0 heterocycles. The van der Waals surface area contributed by atoms with Gasteiger partial charge in [-0.1, -0.05) is 13.0 Å². The number of ether oxygens (including phenoxy) is 3. The van der Waals surface area contributed by atoms with Crippen LogP contribution < -0.4 is 9.47 Å². The Hall–Kier alpha value is -2.82. The van der Waals surface area contributed by atoms with Crippen molar-refractivity contribution in [3.63, 3.8) is 0 Å². The van der Waals surface area contributed by atoms with Crippen molar-refractivity contribution in [2.75, 3.05) is 13.2 Å². The molecule has 26 heavy (non-hydrogen) atoms. The van der Waals surface area contributed by atoms with Crippen molar-refractivity contribution in [1.82, 2.24) is 0 Å². The third-order valence-electron chi connectivity index (χ3n) is 3.86. The number of benzene rings is 2. The lowest BCUT2D eigenvalue weighted by Crippen LogP contribution is -2.09. The molecular weight excluding hydrogens is 332 g/mol. The highest BCUT2D eigenvalue weighted by Crippen LogP contribution is 2.20. The maximum atomic E-state index is 12.3. The van der Waals surface area contributed by atoms with Gasteiger partial charge in [-0.25, -0.2) is 4.79 Å². The SMILES string of the molecule is CCc1cc(OC(=O)c2ccc(OCCCOC(C)=O)cc2)ccc1C. The van der Waals surface area contributed by atoms with Crippen LogP contribution in [0.5, 0.6) is 11.5 Å². The first-order valence-electron chi connectivity index (χ1n) is 8.67. The molecule has 5 heteroatoms. The molecule has 0 atom stereocenters. The van der Waals surface area contributed by atoms with Gasteiger partial charge in [-0.3, -0.25) is 4.79 Å². The molecular formula is C21H24O5. The third-order valence-corrected chi connectivity index (χ3v) is 3.86. The first-order chi connectivity index (χ1) is 12.5. The third kappa shape index (κ3) is 5.92. The van der Waals surface area contributed by atoms with E-state index in [2.05, 4.69) is 6.92 Å². The number of esters is 2. The summed E-state index contributed by atoms with van der Waals surface area (Å²) < 4.78 is 15.8. The van der Waals surface area contributed by atoms with Crippen LogP contribution in [-0.4, -0.2) is 25.2 Å². The van der Waals surface area contributed by atoms with Crippen molar-refractivity contribution in [2.45, 2.75) is 33.6 Å². The minimum Gasteiger partial charge on any atom is -0.493 e. The largest absolute Gasteiger partial charge is 0.493 e. The minimum absolute atomic E-state index is 0.299. The number of hydrogen-bond acceptors (Lipinski definition) is 5. The molecule has 138 valence electrons. The van der Waals surface area contributed by atoms with E-state index in [-0.39, 0.29) is 5.97 Å². The average molecular weight is 356 g/mol. The molecule has 0 aliphatic heterocycles. The maximum Gasteiger partial charge on any atom is 0.343 e. The molecule has 0 unspecified atom stereocenters. The van der Waals surface area contributed by atoms with Gasteiger partial charge in [0.1, 0.15) is 11.5 Å². The highest BCUT2D eigenvalue weighted by Gasteiger charge is 2.10. The van der Waals surface area contributed by atoms with Gasteiger partial charge in [-0.05, 0) is 60.9 Å². The van der Waals surface area contributed by atoms with E-state index in [1.165, 1.54) is 12.5 Å². The zero-order valence-corrected chi connectivity index (χ0v) is 15.4. The van der Waals surface area contributed by atoms with Crippen molar-refractivity contribution in [3.8, 4) is 11.5 Å². The van der Waals surface area contributed by atoms with Crippen molar-refractivity contribution < 1.29 is 23.8 Å².